The standard InChI is InChI=1S/C19H22N2O5/c22-16(20-10-13-6-2-1-3-7-13)12-26-17(23)11-21-18(24)14-8-4-5-9-15(14)19(21)25/h4-5,8-9,13H,1-3,6-7,10-12H2,(H,20,22). The molecular weight excluding hydrogens is 336 g/mol. The quantitative estimate of drug-likeness (QED) is 0.615. The second-order valence-corrected chi connectivity index (χ2v) is 6.71. The highest BCUT2D eigenvalue weighted by atomic mass is 16.5. The number of esters is 1. The zero-order valence-corrected chi connectivity index (χ0v) is 14.5. The van der Waals surface area contributed by atoms with E-state index in [1.807, 2.05) is 0 Å². The van der Waals surface area contributed by atoms with Crippen LogP contribution in [0.15, 0.2) is 24.3 Å². The van der Waals surface area contributed by atoms with Crippen molar-refractivity contribution in [2.45, 2.75) is 32.1 Å². The van der Waals surface area contributed by atoms with Gasteiger partial charge in [0.05, 0.1) is 11.1 Å². The first-order valence-electron chi connectivity index (χ1n) is 8.94. The second-order valence-electron chi connectivity index (χ2n) is 6.71. The van der Waals surface area contributed by atoms with Gasteiger partial charge < -0.3 is 10.1 Å². The number of benzene rings is 1. The maximum atomic E-state index is 12.2. The summed E-state index contributed by atoms with van der Waals surface area (Å²) in [4.78, 5) is 48.9. The third-order valence-electron chi connectivity index (χ3n) is 4.84. The minimum atomic E-state index is -0.785. The Labute approximate surface area is 151 Å². The topological polar surface area (TPSA) is 92.8 Å². The normalized spacial score (nSPS) is 17.2. The zero-order chi connectivity index (χ0) is 18.5. The maximum absolute atomic E-state index is 12.2. The SMILES string of the molecule is O=C(COC(=O)CN1C(=O)c2ccccc2C1=O)NCC1CCCCC1. The van der Waals surface area contributed by atoms with Crippen molar-refractivity contribution in [3.63, 3.8) is 0 Å². The first-order chi connectivity index (χ1) is 12.6. The van der Waals surface area contributed by atoms with Gasteiger partial charge in [-0.2, -0.15) is 0 Å². The summed E-state index contributed by atoms with van der Waals surface area (Å²) in [6, 6.07) is 6.39. The average Bonchev–Trinajstić information content (AvgIpc) is 2.91. The fourth-order valence-corrected chi connectivity index (χ4v) is 3.40. The molecule has 0 unspecified atom stereocenters. The molecule has 1 saturated carbocycles. The molecule has 7 heteroatoms. The predicted octanol–water partition coefficient (Wildman–Crippen LogP) is 1.52. The Morgan fingerprint density at radius 1 is 1.04 bits per heavy atom. The van der Waals surface area contributed by atoms with Crippen molar-refractivity contribution >= 4 is 23.7 Å². The van der Waals surface area contributed by atoms with E-state index in [0.29, 0.717) is 12.5 Å². The van der Waals surface area contributed by atoms with Crippen LogP contribution in [0.4, 0.5) is 0 Å². The number of hydrogen-bond donors (Lipinski definition) is 1. The third kappa shape index (κ3) is 4.09. The lowest BCUT2D eigenvalue weighted by Crippen LogP contribution is -2.38. The summed E-state index contributed by atoms with van der Waals surface area (Å²) in [7, 11) is 0. The van der Waals surface area contributed by atoms with Gasteiger partial charge in [0.15, 0.2) is 6.61 Å². The van der Waals surface area contributed by atoms with Crippen LogP contribution in [-0.2, 0) is 14.3 Å². The number of carbonyl (C=O) groups excluding carboxylic acids is 4. The van der Waals surface area contributed by atoms with Crippen molar-refractivity contribution in [2.24, 2.45) is 5.92 Å². The molecule has 0 radical (unpaired) electrons. The first kappa shape index (κ1) is 18.1. The highest BCUT2D eigenvalue weighted by molar-refractivity contribution is 6.22. The molecule has 0 atom stereocenters. The van der Waals surface area contributed by atoms with Gasteiger partial charge in [0.25, 0.3) is 17.7 Å². The molecule has 1 heterocycles. The summed E-state index contributed by atoms with van der Waals surface area (Å²) in [5.41, 5.74) is 0.547. The van der Waals surface area contributed by atoms with Gasteiger partial charge in [0.1, 0.15) is 6.54 Å². The molecule has 1 N–H and O–H groups in total. The Balaban J connectivity index is 1.42. The van der Waals surface area contributed by atoms with Crippen LogP contribution in [0, 0.1) is 5.92 Å². The van der Waals surface area contributed by atoms with E-state index in [4.69, 9.17) is 4.74 Å². The van der Waals surface area contributed by atoms with Crippen molar-refractivity contribution in [3.8, 4) is 0 Å². The lowest BCUT2D eigenvalue weighted by molar-refractivity contribution is -0.148. The van der Waals surface area contributed by atoms with Crippen LogP contribution in [0.1, 0.15) is 52.8 Å². The molecule has 0 saturated heterocycles. The van der Waals surface area contributed by atoms with E-state index < -0.39 is 30.9 Å². The molecular formula is C19H22N2O5. The maximum Gasteiger partial charge on any atom is 0.326 e. The van der Waals surface area contributed by atoms with Gasteiger partial charge in [-0.1, -0.05) is 31.4 Å². The number of ether oxygens (including phenoxy) is 1. The number of imide groups is 1. The third-order valence-corrected chi connectivity index (χ3v) is 4.84. The number of nitrogens with zero attached hydrogens (tertiary/aromatic N) is 1. The fraction of sp³-hybridized carbons (Fsp3) is 0.474. The lowest BCUT2D eigenvalue weighted by Gasteiger charge is -2.21. The van der Waals surface area contributed by atoms with Crippen molar-refractivity contribution in [3.05, 3.63) is 35.4 Å². The molecule has 0 bridgehead atoms. The molecule has 1 aliphatic heterocycles. The van der Waals surface area contributed by atoms with Gasteiger partial charge in [0, 0.05) is 6.54 Å². The molecule has 3 amide bonds. The van der Waals surface area contributed by atoms with Crippen LogP contribution < -0.4 is 5.32 Å². The lowest BCUT2D eigenvalue weighted by atomic mass is 9.89. The van der Waals surface area contributed by atoms with E-state index in [1.54, 1.807) is 24.3 Å². The van der Waals surface area contributed by atoms with E-state index >= 15 is 0 Å². The van der Waals surface area contributed by atoms with Gasteiger partial charge in [-0.15, -0.1) is 0 Å². The monoisotopic (exact) mass is 358 g/mol. The van der Waals surface area contributed by atoms with Gasteiger partial charge in [-0.25, -0.2) is 0 Å². The van der Waals surface area contributed by atoms with Crippen LogP contribution in [0.3, 0.4) is 0 Å². The number of carbonyl (C=O) groups is 4. The minimum Gasteiger partial charge on any atom is -0.454 e. The Morgan fingerprint density at radius 2 is 1.65 bits per heavy atom. The van der Waals surface area contributed by atoms with Crippen LogP contribution in [0.5, 0.6) is 0 Å². The van der Waals surface area contributed by atoms with Crippen LogP contribution in [-0.4, -0.2) is 48.3 Å². The number of rotatable bonds is 6. The summed E-state index contributed by atoms with van der Waals surface area (Å²) in [6.45, 7) is -0.314. The summed E-state index contributed by atoms with van der Waals surface area (Å²) in [5.74, 6) is -1.71. The number of nitrogens with one attached hydrogen (secondary N) is 1. The summed E-state index contributed by atoms with van der Waals surface area (Å²) in [5, 5.41) is 2.77. The Morgan fingerprint density at radius 3 is 2.27 bits per heavy atom. The number of amides is 3. The van der Waals surface area contributed by atoms with Crippen molar-refractivity contribution in [2.75, 3.05) is 19.7 Å². The Kier molecular flexibility index (Phi) is 5.65. The largest absolute Gasteiger partial charge is 0.454 e. The molecule has 26 heavy (non-hydrogen) atoms. The molecule has 1 fully saturated rings. The molecule has 138 valence electrons. The van der Waals surface area contributed by atoms with Crippen LogP contribution in [0.2, 0.25) is 0 Å². The molecule has 1 aromatic carbocycles. The molecule has 7 nitrogen and oxygen atoms in total. The second kappa shape index (κ2) is 8.12. The fourth-order valence-electron chi connectivity index (χ4n) is 3.40. The van der Waals surface area contributed by atoms with Crippen molar-refractivity contribution < 1.29 is 23.9 Å². The van der Waals surface area contributed by atoms with Crippen molar-refractivity contribution in [1.82, 2.24) is 10.2 Å². The van der Waals surface area contributed by atoms with Gasteiger partial charge in [-0.05, 0) is 30.9 Å². The molecule has 2 aliphatic rings. The number of hydrogen-bond acceptors (Lipinski definition) is 5. The Bertz CT molecular complexity index is 689. The van der Waals surface area contributed by atoms with Crippen molar-refractivity contribution in [1.29, 1.82) is 0 Å². The van der Waals surface area contributed by atoms with Crippen LogP contribution >= 0.6 is 0 Å². The van der Waals surface area contributed by atoms with E-state index in [0.717, 1.165) is 17.7 Å². The highest BCUT2D eigenvalue weighted by Gasteiger charge is 2.36. The number of fused-ring (bicyclic) bond motifs is 1. The molecule has 1 aromatic rings. The zero-order valence-electron chi connectivity index (χ0n) is 14.5. The van der Waals surface area contributed by atoms with E-state index in [-0.39, 0.29) is 17.0 Å². The summed E-state index contributed by atoms with van der Waals surface area (Å²) >= 11 is 0. The molecule has 0 spiro atoms. The minimum absolute atomic E-state index is 0.274. The smallest absolute Gasteiger partial charge is 0.326 e. The highest BCUT2D eigenvalue weighted by Crippen LogP contribution is 2.23. The summed E-state index contributed by atoms with van der Waals surface area (Å²) in [6.07, 6.45) is 5.85. The van der Waals surface area contributed by atoms with Crippen LogP contribution in [0.25, 0.3) is 0 Å². The van der Waals surface area contributed by atoms with Gasteiger partial charge >= 0.3 is 5.97 Å². The average molecular weight is 358 g/mol. The first-order valence-corrected chi connectivity index (χ1v) is 8.94. The Hall–Kier alpha value is -2.70. The molecule has 1 aliphatic carbocycles. The predicted molar refractivity (Wildman–Crippen MR) is 92.4 cm³/mol. The van der Waals surface area contributed by atoms with E-state index in [9.17, 15) is 19.2 Å². The van der Waals surface area contributed by atoms with E-state index in [1.165, 1.54) is 19.3 Å². The van der Waals surface area contributed by atoms with Gasteiger partial charge in [0.2, 0.25) is 0 Å². The van der Waals surface area contributed by atoms with Gasteiger partial charge in [-0.3, -0.25) is 24.1 Å². The molecule has 0 aromatic heterocycles. The van der Waals surface area contributed by atoms with E-state index in [2.05, 4.69) is 5.32 Å². The summed E-state index contributed by atoms with van der Waals surface area (Å²) < 4.78 is 4.90. The molecule has 3 rings (SSSR count).